The van der Waals surface area contributed by atoms with Crippen molar-refractivity contribution >= 4 is 46.9 Å². The lowest BCUT2D eigenvalue weighted by Crippen LogP contribution is -2.41. The van der Waals surface area contributed by atoms with Gasteiger partial charge in [-0.3, -0.25) is 20.4 Å². The van der Waals surface area contributed by atoms with E-state index in [-0.39, 0.29) is 5.91 Å². The van der Waals surface area contributed by atoms with Gasteiger partial charge in [0.15, 0.2) is 0 Å². The summed E-state index contributed by atoms with van der Waals surface area (Å²) in [5, 5.41) is 0.550. The predicted molar refractivity (Wildman–Crippen MR) is 100 cm³/mol. The summed E-state index contributed by atoms with van der Waals surface area (Å²) in [6, 6.07) is 13.9. The molecule has 1 saturated heterocycles. The van der Waals surface area contributed by atoms with Gasteiger partial charge in [-0.05, 0) is 42.0 Å². The van der Waals surface area contributed by atoms with Gasteiger partial charge in [-0.2, -0.15) is 0 Å². The van der Waals surface area contributed by atoms with Crippen molar-refractivity contribution in [3.05, 3.63) is 70.2 Å². The van der Waals surface area contributed by atoms with Gasteiger partial charge in [-0.25, -0.2) is 0 Å². The Labute approximate surface area is 153 Å². The predicted octanol–water partition coefficient (Wildman–Crippen LogP) is 3.89. The van der Waals surface area contributed by atoms with Crippen molar-refractivity contribution < 1.29 is 9.59 Å². The Bertz CT molecular complexity index is 729. The summed E-state index contributed by atoms with van der Waals surface area (Å²) in [5.74, 6) is 1.58. The number of nitrogens with one attached hydrogen (secondary N) is 2. The van der Waals surface area contributed by atoms with Gasteiger partial charge in [0.1, 0.15) is 0 Å². The Morgan fingerprint density at radius 3 is 1.79 bits per heavy atom. The molecule has 2 N–H and O–H groups in total. The molecule has 0 aromatic heterocycles. The van der Waals surface area contributed by atoms with Crippen molar-refractivity contribution in [3.8, 4) is 0 Å². The second-order valence-electron chi connectivity index (χ2n) is 5.11. The minimum Gasteiger partial charge on any atom is -0.267 e. The van der Waals surface area contributed by atoms with Crippen LogP contribution in [0.1, 0.15) is 30.9 Å². The minimum atomic E-state index is -0.393. The van der Waals surface area contributed by atoms with E-state index in [1.807, 2.05) is 35.7 Å². The summed E-state index contributed by atoms with van der Waals surface area (Å²) < 4.78 is 0.451. The van der Waals surface area contributed by atoms with E-state index < -0.39 is 5.91 Å². The average Bonchev–Trinajstić information content (AvgIpc) is 3.15. The molecule has 2 amide bonds. The first-order valence-corrected chi connectivity index (χ1v) is 9.80. The number of rotatable bonds is 3. The standard InChI is InChI=1S/C17H15ClN2O2S2/c18-14-7-5-12(6-8-14)16(22)20-19-15(21)11-1-3-13(4-2-11)17-23-9-10-24-17/h1-8,17H,9-10H2,(H,19,21)(H,20,22). The third-order valence-electron chi connectivity index (χ3n) is 3.46. The molecule has 4 nitrogen and oxygen atoms in total. The molecular weight excluding hydrogens is 364 g/mol. The zero-order valence-electron chi connectivity index (χ0n) is 12.6. The van der Waals surface area contributed by atoms with Crippen LogP contribution in [-0.2, 0) is 0 Å². The zero-order chi connectivity index (χ0) is 16.9. The molecule has 0 aliphatic carbocycles. The number of benzene rings is 2. The second-order valence-corrected chi connectivity index (χ2v) is 8.27. The van der Waals surface area contributed by atoms with Gasteiger partial charge in [0.05, 0.1) is 4.58 Å². The van der Waals surface area contributed by atoms with Crippen molar-refractivity contribution in [2.45, 2.75) is 4.58 Å². The molecule has 124 valence electrons. The van der Waals surface area contributed by atoms with Gasteiger partial charge in [0.2, 0.25) is 0 Å². The monoisotopic (exact) mass is 378 g/mol. The molecule has 0 bridgehead atoms. The third kappa shape index (κ3) is 4.26. The third-order valence-corrected chi connectivity index (χ3v) is 6.82. The fraction of sp³-hybridized carbons (Fsp3) is 0.176. The molecule has 7 heteroatoms. The molecule has 0 atom stereocenters. The number of amides is 2. The van der Waals surface area contributed by atoms with E-state index in [0.717, 1.165) is 11.5 Å². The van der Waals surface area contributed by atoms with Gasteiger partial charge in [-0.1, -0.05) is 23.7 Å². The molecule has 2 aromatic carbocycles. The van der Waals surface area contributed by atoms with Gasteiger partial charge < -0.3 is 0 Å². The molecule has 24 heavy (non-hydrogen) atoms. The second kappa shape index (κ2) is 7.96. The van der Waals surface area contributed by atoms with E-state index >= 15 is 0 Å². The van der Waals surface area contributed by atoms with E-state index in [0.29, 0.717) is 20.7 Å². The van der Waals surface area contributed by atoms with E-state index in [2.05, 4.69) is 10.9 Å². The maximum absolute atomic E-state index is 12.1. The average molecular weight is 379 g/mol. The Kier molecular flexibility index (Phi) is 5.71. The van der Waals surface area contributed by atoms with Crippen LogP contribution in [0.25, 0.3) is 0 Å². The van der Waals surface area contributed by atoms with E-state index in [1.165, 1.54) is 5.56 Å². The summed E-state index contributed by atoms with van der Waals surface area (Å²) in [6.07, 6.45) is 0. The van der Waals surface area contributed by atoms with Gasteiger partial charge in [-0.15, -0.1) is 23.5 Å². The van der Waals surface area contributed by atoms with Crippen LogP contribution in [0.5, 0.6) is 0 Å². The van der Waals surface area contributed by atoms with Gasteiger partial charge >= 0.3 is 0 Å². The smallest absolute Gasteiger partial charge is 0.267 e. The Morgan fingerprint density at radius 2 is 1.29 bits per heavy atom. The van der Waals surface area contributed by atoms with E-state index in [1.54, 1.807) is 36.4 Å². The topological polar surface area (TPSA) is 58.2 Å². The fourth-order valence-electron chi connectivity index (χ4n) is 2.20. The van der Waals surface area contributed by atoms with Crippen LogP contribution in [-0.4, -0.2) is 23.3 Å². The number of carbonyl (C=O) groups excluding carboxylic acids is 2. The lowest BCUT2D eigenvalue weighted by Gasteiger charge is -2.10. The van der Waals surface area contributed by atoms with Crippen molar-refractivity contribution in [2.75, 3.05) is 11.5 Å². The van der Waals surface area contributed by atoms with E-state index in [4.69, 9.17) is 11.6 Å². The van der Waals surface area contributed by atoms with Crippen molar-refractivity contribution in [1.82, 2.24) is 10.9 Å². The summed E-state index contributed by atoms with van der Waals surface area (Å²) in [4.78, 5) is 24.1. The Balaban J connectivity index is 1.56. The molecule has 2 aromatic rings. The highest BCUT2D eigenvalue weighted by Gasteiger charge is 2.18. The zero-order valence-corrected chi connectivity index (χ0v) is 15.0. The lowest BCUT2D eigenvalue weighted by molar-refractivity contribution is 0.0846. The lowest BCUT2D eigenvalue weighted by atomic mass is 10.1. The normalized spacial score (nSPS) is 14.4. The number of thioether (sulfide) groups is 2. The fourth-order valence-corrected chi connectivity index (χ4v) is 5.19. The van der Waals surface area contributed by atoms with Crippen LogP contribution in [0.4, 0.5) is 0 Å². The molecule has 1 fully saturated rings. The van der Waals surface area contributed by atoms with Crippen LogP contribution in [0.15, 0.2) is 48.5 Å². The van der Waals surface area contributed by atoms with Gasteiger partial charge in [0.25, 0.3) is 11.8 Å². The molecule has 0 radical (unpaired) electrons. The van der Waals surface area contributed by atoms with Gasteiger partial charge in [0, 0.05) is 27.7 Å². The maximum atomic E-state index is 12.1. The highest BCUT2D eigenvalue weighted by molar-refractivity contribution is 8.19. The summed E-state index contributed by atoms with van der Waals surface area (Å²) >= 11 is 9.62. The quantitative estimate of drug-likeness (QED) is 0.795. The largest absolute Gasteiger partial charge is 0.269 e. The summed E-state index contributed by atoms with van der Waals surface area (Å²) in [5.41, 5.74) is 6.95. The Morgan fingerprint density at radius 1 is 0.833 bits per heavy atom. The molecular formula is C17H15ClN2O2S2. The Hall–Kier alpha value is -1.63. The first-order chi connectivity index (χ1) is 11.6. The highest BCUT2D eigenvalue weighted by atomic mass is 35.5. The van der Waals surface area contributed by atoms with Crippen molar-refractivity contribution in [2.24, 2.45) is 0 Å². The van der Waals surface area contributed by atoms with Crippen LogP contribution >= 0.6 is 35.1 Å². The molecule has 0 spiro atoms. The molecule has 1 heterocycles. The van der Waals surface area contributed by atoms with Crippen molar-refractivity contribution in [1.29, 1.82) is 0 Å². The molecule has 1 aliphatic rings. The number of halogens is 1. The molecule has 1 aliphatic heterocycles. The van der Waals surface area contributed by atoms with Crippen LogP contribution in [0.3, 0.4) is 0 Å². The van der Waals surface area contributed by atoms with Crippen molar-refractivity contribution in [3.63, 3.8) is 0 Å². The summed E-state index contributed by atoms with van der Waals surface area (Å²) in [6.45, 7) is 0. The summed E-state index contributed by atoms with van der Waals surface area (Å²) in [7, 11) is 0. The molecule has 3 rings (SSSR count). The number of hydrogen-bond donors (Lipinski definition) is 2. The maximum Gasteiger partial charge on any atom is 0.269 e. The SMILES string of the molecule is O=C(NNC(=O)c1ccc(C2SCCS2)cc1)c1ccc(Cl)cc1. The van der Waals surface area contributed by atoms with E-state index in [9.17, 15) is 9.59 Å². The van der Waals surface area contributed by atoms with Crippen LogP contribution < -0.4 is 10.9 Å². The number of hydrogen-bond acceptors (Lipinski definition) is 4. The number of hydrazine groups is 1. The van der Waals surface area contributed by atoms with Crippen LogP contribution in [0.2, 0.25) is 5.02 Å². The first-order valence-electron chi connectivity index (χ1n) is 7.33. The minimum absolute atomic E-state index is 0.351. The van der Waals surface area contributed by atoms with Crippen LogP contribution in [0, 0.1) is 0 Å². The highest BCUT2D eigenvalue weighted by Crippen LogP contribution is 2.45. The molecule has 0 unspecified atom stereocenters. The number of carbonyl (C=O) groups is 2. The first kappa shape index (κ1) is 17.2. The molecule has 0 saturated carbocycles.